The van der Waals surface area contributed by atoms with E-state index in [-0.39, 0.29) is 26.3 Å². The fourth-order valence-corrected chi connectivity index (χ4v) is 4.16. The van der Waals surface area contributed by atoms with Crippen molar-refractivity contribution in [3.63, 3.8) is 0 Å². The molecule has 0 aromatic heterocycles. The van der Waals surface area contributed by atoms with Gasteiger partial charge in [0.1, 0.15) is 23.6 Å². The molecule has 1 unspecified atom stereocenters. The summed E-state index contributed by atoms with van der Waals surface area (Å²) >= 11 is 0. The molecule has 240 valence electrons. The Morgan fingerprint density at radius 3 is 1.58 bits per heavy atom. The molecule has 0 fully saturated rings. The summed E-state index contributed by atoms with van der Waals surface area (Å²) in [5.41, 5.74) is 0.346. The van der Waals surface area contributed by atoms with E-state index in [2.05, 4.69) is 16.0 Å². The highest BCUT2D eigenvalue weighted by Crippen LogP contribution is 2.16. The average molecular weight is 604 g/mol. The standard InChI is InChI=1S/C32H49N3O8/c1-31(2,3)42-29(39)34-25(18-22-10-8-7-9-11-22)27(37)20-33-21-28(38)26(35-30(40)43-32(4,5)6)19-23-12-14-24(15-13-23)41-17-16-36/h7-15,25-28,33,36-38H,16-21H2,1-6H3,(H,34,39)(H,35,40)/t25-,26+,27-,28?/m0/s1. The summed E-state index contributed by atoms with van der Waals surface area (Å²) in [5, 5.41) is 39.7. The van der Waals surface area contributed by atoms with Gasteiger partial charge < -0.3 is 45.5 Å². The molecule has 11 heteroatoms. The van der Waals surface area contributed by atoms with Crippen molar-refractivity contribution in [3.8, 4) is 5.75 Å². The molecule has 0 heterocycles. The number of rotatable bonds is 15. The van der Waals surface area contributed by atoms with Crippen molar-refractivity contribution >= 4 is 12.2 Å². The van der Waals surface area contributed by atoms with Gasteiger partial charge in [-0.25, -0.2) is 9.59 Å². The zero-order chi connectivity index (χ0) is 32.0. The van der Waals surface area contributed by atoms with Crippen LogP contribution in [0.4, 0.5) is 9.59 Å². The Labute approximate surface area is 254 Å². The fraction of sp³-hybridized carbons (Fsp3) is 0.562. The van der Waals surface area contributed by atoms with E-state index in [0.29, 0.717) is 18.6 Å². The summed E-state index contributed by atoms with van der Waals surface area (Å²) in [6, 6.07) is 15.2. The molecule has 0 saturated carbocycles. The minimum Gasteiger partial charge on any atom is -0.491 e. The lowest BCUT2D eigenvalue weighted by Crippen LogP contribution is -2.53. The summed E-state index contributed by atoms with van der Waals surface area (Å²) in [7, 11) is 0. The molecule has 0 saturated heterocycles. The monoisotopic (exact) mass is 603 g/mol. The summed E-state index contributed by atoms with van der Waals surface area (Å²) in [6.45, 7) is 10.7. The average Bonchev–Trinajstić information content (AvgIpc) is 2.90. The van der Waals surface area contributed by atoms with Crippen molar-refractivity contribution in [2.75, 3.05) is 26.3 Å². The van der Waals surface area contributed by atoms with Gasteiger partial charge in [-0.05, 0) is 77.6 Å². The Balaban J connectivity index is 2.07. The van der Waals surface area contributed by atoms with Gasteiger partial charge in [0.15, 0.2) is 0 Å². The molecule has 0 radical (unpaired) electrons. The molecule has 0 aliphatic rings. The van der Waals surface area contributed by atoms with Crippen molar-refractivity contribution in [2.45, 2.75) is 89.9 Å². The Hall–Kier alpha value is -3.38. The summed E-state index contributed by atoms with van der Waals surface area (Å²) in [5.74, 6) is 0.593. The zero-order valence-corrected chi connectivity index (χ0v) is 26.1. The van der Waals surface area contributed by atoms with Crippen molar-refractivity contribution < 1.29 is 39.1 Å². The number of amides is 2. The number of carbonyl (C=O) groups excluding carboxylic acids is 2. The maximum atomic E-state index is 12.6. The van der Waals surface area contributed by atoms with Gasteiger partial charge in [0.2, 0.25) is 0 Å². The molecule has 0 aliphatic heterocycles. The van der Waals surface area contributed by atoms with Gasteiger partial charge in [0.25, 0.3) is 0 Å². The Morgan fingerprint density at radius 2 is 1.16 bits per heavy atom. The van der Waals surface area contributed by atoms with Gasteiger partial charge in [-0.3, -0.25) is 0 Å². The first-order valence-corrected chi connectivity index (χ1v) is 14.6. The van der Waals surface area contributed by atoms with E-state index in [1.54, 1.807) is 53.7 Å². The minimum absolute atomic E-state index is 0.0414. The molecule has 6 N–H and O–H groups in total. The third kappa shape index (κ3) is 15.1. The molecule has 4 atom stereocenters. The zero-order valence-electron chi connectivity index (χ0n) is 26.1. The number of hydrogen-bond donors (Lipinski definition) is 6. The van der Waals surface area contributed by atoms with Gasteiger partial charge in [-0.1, -0.05) is 42.5 Å². The van der Waals surface area contributed by atoms with Crippen LogP contribution in [0.5, 0.6) is 5.75 Å². The number of benzene rings is 2. The van der Waals surface area contributed by atoms with Crippen LogP contribution in [0.25, 0.3) is 0 Å². The second-order valence-corrected chi connectivity index (χ2v) is 12.4. The molecule has 43 heavy (non-hydrogen) atoms. The number of ether oxygens (including phenoxy) is 3. The lowest BCUT2D eigenvalue weighted by molar-refractivity contribution is 0.0399. The molecule has 0 bridgehead atoms. The summed E-state index contributed by atoms with van der Waals surface area (Å²) < 4.78 is 16.2. The molecular weight excluding hydrogens is 554 g/mol. The first-order chi connectivity index (χ1) is 20.1. The molecular formula is C32H49N3O8. The molecule has 2 aromatic carbocycles. The van der Waals surface area contributed by atoms with E-state index in [0.717, 1.165) is 11.1 Å². The van der Waals surface area contributed by atoms with Crippen LogP contribution in [0.15, 0.2) is 54.6 Å². The topological polar surface area (TPSA) is 159 Å². The number of hydrogen-bond acceptors (Lipinski definition) is 9. The highest BCUT2D eigenvalue weighted by molar-refractivity contribution is 5.68. The van der Waals surface area contributed by atoms with Crippen LogP contribution in [-0.2, 0) is 22.3 Å². The lowest BCUT2D eigenvalue weighted by atomic mass is 10.00. The maximum Gasteiger partial charge on any atom is 0.407 e. The van der Waals surface area contributed by atoms with Crippen LogP contribution in [0.1, 0.15) is 52.7 Å². The molecule has 11 nitrogen and oxygen atoms in total. The molecule has 0 spiro atoms. The SMILES string of the molecule is CC(C)(C)OC(=O)N[C@@H](Cc1ccccc1)[C@@H](O)CNCC(O)[C@@H](Cc1ccc(OCCO)cc1)NC(=O)OC(C)(C)C. The van der Waals surface area contributed by atoms with Gasteiger partial charge in [-0.15, -0.1) is 0 Å². The predicted octanol–water partition coefficient (Wildman–Crippen LogP) is 2.94. The Bertz CT molecular complexity index is 1100. The molecule has 2 rings (SSSR count). The summed E-state index contributed by atoms with van der Waals surface area (Å²) in [4.78, 5) is 25.1. The van der Waals surface area contributed by atoms with E-state index < -0.39 is 47.7 Å². The Morgan fingerprint density at radius 1 is 0.721 bits per heavy atom. The number of carbonyl (C=O) groups is 2. The number of nitrogens with one attached hydrogen (secondary N) is 3. The van der Waals surface area contributed by atoms with E-state index in [1.165, 1.54) is 0 Å². The highest BCUT2D eigenvalue weighted by atomic mass is 16.6. The van der Waals surface area contributed by atoms with E-state index in [4.69, 9.17) is 19.3 Å². The van der Waals surface area contributed by atoms with Crippen LogP contribution in [0, 0.1) is 0 Å². The minimum atomic E-state index is -1.04. The van der Waals surface area contributed by atoms with Crippen molar-refractivity contribution in [1.29, 1.82) is 0 Å². The largest absolute Gasteiger partial charge is 0.491 e. The van der Waals surface area contributed by atoms with Gasteiger partial charge in [0.05, 0.1) is 30.9 Å². The highest BCUT2D eigenvalue weighted by Gasteiger charge is 2.27. The van der Waals surface area contributed by atoms with Crippen LogP contribution in [-0.4, -0.2) is 89.3 Å². The summed E-state index contributed by atoms with van der Waals surface area (Å²) in [6.07, 6.45) is -2.69. The van der Waals surface area contributed by atoms with E-state index in [9.17, 15) is 19.8 Å². The number of alkyl carbamates (subject to hydrolysis) is 2. The van der Waals surface area contributed by atoms with Crippen molar-refractivity contribution in [2.24, 2.45) is 0 Å². The van der Waals surface area contributed by atoms with Gasteiger partial charge in [-0.2, -0.15) is 0 Å². The van der Waals surface area contributed by atoms with Gasteiger partial charge in [0, 0.05) is 13.1 Å². The van der Waals surface area contributed by atoms with E-state index >= 15 is 0 Å². The third-order valence-electron chi connectivity index (χ3n) is 6.08. The van der Waals surface area contributed by atoms with Crippen LogP contribution in [0.2, 0.25) is 0 Å². The lowest BCUT2D eigenvalue weighted by Gasteiger charge is -2.29. The Kier molecular flexibility index (Phi) is 14.2. The predicted molar refractivity (Wildman–Crippen MR) is 164 cm³/mol. The smallest absolute Gasteiger partial charge is 0.407 e. The third-order valence-corrected chi connectivity index (χ3v) is 6.08. The quantitative estimate of drug-likeness (QED) is 0.180. The molecule has 2 amide bonds. The van der Waals surface area contributed by atoms with Crippen molar-refractivity contribution in [3.05, 3.63) is 65.7 Å². The molecule has 0 aliphatic carbocycles. The van der Waals surface area contributed by atoms with Gasteiger partial charge >= 0.3 is 12.2 Å². The first kappa shape index (κ1) is 35.8. The van der Waals surface area contributed by atoms with Crippen LogP contribution in [0.3, 0.4) is 0 Å². The number of aliphatic hydroxyl groups is 3. The van der Waals surface area contributed by atoms with E-state index in [1.807, 2.05) is 42.5 Å². The number of aliphatic hydroxyl groups excluding tert-OH is 3. The molecule has 2 aromatic rings. The second-order valence-electron chi connectivity index (χ2n) is 12.4. The first-order valence-electron chi connectivity index (χ1n) is 14.6. The van der Waals surface area contributed by atoms with Crippen LogP contribution < -0.4 is 20.7 Å². The second kappa shape index (κ2) is 17.0. The van der Waals surface area contributed by atoms with Crippen molar-refractivity contribution in [1.82, 2.24) is 16.0 Å². The normalized spacial score (nSPS) is 14.6. The fourth-order valence-electron chi connectivity index (χ4n) is 4.16. The van der Waals surface area contributed by atoms with Crippen LogP contribution >= 0.6 is 0 Å². The maximum absolute atomic E-state index is 12.6.